The lowest BCUT2D eigenvalue weighted by Gasteiger charge is -2.45. The Bertz CT molecular complexity index is 2300. The van der Waals surface area contributed by atoms with Crippen LogP contribution in [-0.2, 0) is 33.3 Å². The van der Waals surface area contributed by atoms with Crippen molar-refractivity contribution in [1.82, 2.24) is 24.9 Å². The Labute approximate surface area is 460 Å². The third-order valence-electron chi connectivity index (χ3n) is 12.6. The van der Waals surface area contributed by atoms with E-state index in [-0.39, 0.29) is 68.5 Å². The summed E-state index contributed by atoms with van der Waals surface area (Å²) in [6.45, 7) is 20.3. The van der Waals surface area contributed by atoms with Gasteiger partial charge in [-0.1, -0.05) is 0 Å². The van der Waals surface area contributed by atoms with E-state index < -0.39 is 53.3 Å². The minimum atomic E-state index is -0.981. The summed E-state index contributed by atoms with van der Waals surface area (Å²) in [7, 11) is 6.33. The standard InChI is InChI=1S/C29H46N4O8.C27H42N2O8/c1-19(2)33(27(36)20-9-12-23(39-7)24(15-20)40-14-8-13-38-6)22-11-10-21(16-26(35)31-17-25(30)34)32(18-22)28(37)41-29(3,4)5;1-18(2)29(25(32)19-9-12-22(35-7)23(15-19)36-14-8-13-34-6)21-11-10-20(16-24(30)31)28(17-21)26(33)37-27(3,4)5/h9,12,15,19,21-22H,8,10-11,13-14,16-18H2,1-7H3,(H2,30,34)(H,31,35);9,12,15,18,20-21H,8,10-11,13-14,16-17H2,1-7H3,(H,30,31)/t21-,22?;20-,21?/m00/s1. The summed E-state index contributed by atoms with van der Waals surface area (Å²) in [6.07, 6.45) is 2.07. The van der Waals surface area contributed by atoms with Crippen LogP contribution in [-0.4, -0.2) is 188 Å². The van der Waals surface area contributed by atoms with Crippen LogP contribution in [0.5, 0.6) is 23.0 Å². The lowest BCUT2D eigenvalue weighted by atomic mass is 9.93. The van der Waals surface area contributed by atoms with Gasteiger partial charge in [0.25, 0.3) is 11.8 Å². The number of nitrogens with one attached hydrogen (secondary N) is 1. The average molecular weight is 1100 g/mol. The van der Waals surface area contributed by atoms with E-state index in [0.717, 1.165) is 0 Å². The van der Waals surface area contributed by atoms with Crippen LogP contribution in [0.3, 0.4) is 0 Å². The highest BCUT2D eigenvalue weighted by atomic mass is 16.6. The predicted molar refractivity (Wildman–Crippen MR) is 291 cm³/mol. The van der Waals surface area contributed by atoms with E-state index in [1.165, 1.54) is 16.9 Å². The molecular weight excluding hydrogens is 1010 g/mol. The first-order chi connectivity index (χ1) is 36.6. The number of primary amides is 1. The molecule has 0 aromatic heterocycles. The van der Waals surface area contributed by atoms with Gasteiger partial charge in [0.1, 0.15) is 11.2 Å². The zero-order chi connectivity index (χ0) is 58.5. The van der Waals surface area contributed by atoms with Crippen LogP contribution in [0.4, 0.5) is 9.59 Å². The number of carboxylic acids is 1. The van der Waals surface area contributed by atoms with E-state index in [0.29, 0.717) is 99.1 Å². The van der Waals surface area contributed by atoms with Gasteiger partial charge in [0.05, 0.1) is 52.5 Å². The molecule has 0 spiro atoms. The molecule has 6 amide bonds. The number of aliphatic carboxylic acids is 1. The zero-order valence-corrected chi connectivity index (χ0v) is 48.5. The summed E-state index contributed by atoms with van der Waals surface area (Å²) in [5.74, 6) is -0.482. The number of nitrogens with two attached hydrogens (primary N) is 1. The molecule has 2 fully saturated rings. The third kappa shape index (κ3) is 21.0. The maximum absolute atomic E-state index is 13.9. The average Bonchev–Trinajstić information content (AvgIpc) is 3.36. The number of amides is 6. The van der Waals surface area contributed by atoms with E-state index in [1.54, 1.807) is 109 Å². The van der Waals surface area contributed by atoms with Gasteiger partial charge in [-0.2, -0.15) is 0 Å². The van der Waals surface area contributed by atoms with Crippen LogP contribution in [0.2, 0.25) is 0 Å². The maximum atomic E-state index is 13.9. The largest absolute Gasteiger partial charge is 0.493 e. The van der Waals surface area contributed by atoms with Crippen molar-refractivity contribution in [3.8, 4) is 23.0 Å². The Kier molecular flexibility index (Phi) is 26.2. The molecule has 0 aliphatic carbocycles. The van der Waals surface area contributed by atoms with E-state index >= 15 is 0 Å². The summed E-state index contributed by atoms with van der Waals surface area (Å²) in [5, 5.41) is 11.9. The fourth-order valence-corrected chi connectivity index (χ4v) is 9.21. The van der Waals surface area contributed by atoms with Crippen molar-refractivity contribution >= 4 is 41.8 Å². The Balaban J connectivity index is 0.000000412. The quantitative estimate of drug-likeness (QED) is 0.0900. The third-order valence-corrected chi connectivity index (χ3v) is 12.6. The summed E-state index contributed by atoms with van der Waals surface area (Å²) >= 11 is 0. The van der Waals surface area contributed by atoms with Crippen LogP contribution in [0.1, 0.15) is 141 Å². The first-order valence-electron chi connectivity index (χ1n) is 26.7. The summed E-state index contributed by atoms with van der Waals surface area (Å²) in [5.41, 5.74) is 4.53. The molecule has 0 bridgehead atoms. The molecule has 4 atom stereocenters. The normalized spacial score (nSPS) is 17.5. The summed E-state index contributed by atoms with van der Waals surface area (Å²) in [4.78, 5) is 95.5. The van der Waals surface area contributed by atoms with Crippen molar-refractivity contribution in [1.29, 1.82) is 0 Å². The predicted octanol–water partition coefficient (Wildman–Crippen LogP) is 6.92. The molecule has 0 radical (unpaired) electrons. The van der Waals surface area contributed by atoms with E-state index in [9.17, 15) is 38.7 Å². The molecular formula is C56H88N6O16. The van der Waals surface area contributed by atoms with Crippen LogP contribution in [0, 0.1) is 0 Å². The summed E-state index contributed by atoms with van der Waals surface area (Å²) < 4.78 is 43.9. The van der Waals surface area contributed by atoms with Gasteiger partial charge in [0.15, 0.2) is 23.0 Å². The molecule has 22 nitrogen and oxygen atoms in total. The van der Waals surface area contributed by atoms with Crippen LogP contribution >= 0.6 is 0 Å². The van der Waals surface area contributed by atoms with Crippen LogP contribution in [0.25, 0.3) is 0 Å². The topological polar surface area (TPSA) is 265 Å². The zero-order valence-electron chi connectivity index (χ0n) is 48.5. The number of rotatable bonds is 24. The number of benzene rings is 2. The van der Waals surface area contributed by atoms with Gasteiger partial charge in [0, 0.05) is 95.1 Å². The van der Waals surface area contributed by atoms with E-state index in [2.05, 4.69) is 5.32 Å². The van der Waals surface area contributed by atoms with Gasteiger partial charge in [-0.25, -0.2) is 9.59 Å². The highest BCUT2D eigenvalue weighted by molar-refractivity contribution is 5.96. The number of hydrogen-bond acceptors (Lipinski definition) is 15. The Morgan fingerprint density at radius 3 is 1.35 bits per heavy atom. The Hall–Kier alpha value is -6.55. The van der Waals surface area contributed by atoms with Crippen LogP contribution in [0.15, 0.2) is 36.4 Å². The number of carbonyl (C=O) groups excluding carboxylic acids is 6. The minimum Gasteiger partial charge on any atom is -0.493 e. The number of hydrogen-bond donors (Lipinski definition) is 3. The molecule has 2 aliphatic rings. The molecule has 78 heavy (non-hydrogen) atoms. The van der Waals surface area contributed by atoms with Crippen molar-refractivity contribution < 1.29 is 76.6 Å². The van der Waals surface area contributed by atoms with Gasteiger partial charge in [0.2, 0.25) is 11.8 Å². The molecule has 2 aromatic rings. The second kappa shape index (κ2) is 31.1. The van der Waals surface area contributed by atoms with Crippen molar-refractivity contribution in [3.63, 3.8) is 0 Å². The molecule has 0 saturated carbocycles. The number of piperidine rings is 2. The monoisotopic (exact) mass is 1100 g/mol. The number of carboxylic acid groups (broad SMARTS) is 1. The minimum absolute atomic E-state index is 0.0167. The fourth-order valence-electron chi connectivity index (χ4n) is 9.21. The second-order valence-corrected chi connectivity index (χ2v) is 21.8. The van der Waals surface area contributed by atoms with Gasteiger partial charge in [-0.3, -0.25) is 24.0 Å². The highest BCUT2D eigenvalue weighted by Crippen LogP contribution is 2.34. The van der Waals surface area contributed by atoms with Gasteiger partial charge in [-0.15, -0.1) is 0 Å². The molecule has 2 heterocycles. The Morgan fingerprint density at radius 1 is 0.615 bits per heavy atom. The number of methoxy groups -OCH3 is 4. The molecule has 2 saturated heterocycles. The highest BCUT2D eigenvalue weighted by Gasteiger charge is 2.41. The van der Waals surface area contributed by atoms with Gasteiger partial charge in [-0.05, 0) is 131 Å². The smallest absolute Gasteiger partial charge is 0.410 e. The molecule has 4 N–H and O–H groups in total. The second-order valence-electron chi connectivity index (χ2n) is 21.8. The van der Waals surface area contributed by atoms with Crippen molar-refractivity contribution in [2.75, 3.05) is 74.5 Å². The van der Waals surface area contributed by atoms with Gasteiger partial charge < -0.3 is 73.7 Å². The summed E-state index contributed by atoms with van der Waals surface area (Å²) in [6, 6.07) is 8.19. The first-order valence-corrected chi connectivity index (χ1v) is 26.7. The van der Waals surface area contributed by atoms with E-state index in [4.69, 9.17) is 43.6 Å². The van der Waals surface area contributed by atoms with Crippen molar-refractivity contribution in [2.45, 2.75) is 168 Å². The first kappa shape index (κ1) is 65.7. The van der Waals surface area contributed by atoms with Gasteiger partial charge >= 0.3 is 18.2 Å². The maximum Gasteiger partial charge on any atom is 0.410 e. The molecule has 2 unspecified atom stereocenters. The fraction of sp³-hybridized carbons (Fsp3) is 0.661. The number of ether oxygens (including phenoxy) is 8. The molecule has 2 aliphatic heterocycles. The molecule has 438 valence electrons. The molecule has 4 rings (SSSR count). The van der Waals surface area contributed by atoms with Crippen molar-refractivity contribution in [3.05, 3.63) is 47.5 Å². The lowest BCUT2D eigenvalue weighted by molar-refractivity contribution is -0.138. The Morgan fingerprint density at radius 2 is 1.01 bits per heavy atom. The lowest BCUT2D eigenvalue weighted by Crippen LogP contribution is -2.58. The van der Waals surface area contributed by atoms with Crippen molar-refractivity contribution in [2.24, 2.45) is 5.73 Å². The number of carbonyl (C=O) groups is 7. The van der Waals surface area contributed by atoms with E-state index in [1.807, 2.05) is 27.7 Å². The molecule has 22 heteroatoms. The number of likely N-dealkylation sites (tertiary alicyclic amines) is 2. The molecule has 2 aromatic carbocycles. The number of nitrogens with zero attached hydrogens (tertiary/aromatic N) is 4. The SMILES string of the molecule is COCCCOc1cc(C(=O)N(C(C)C)C2CC[C@@H](CC(=O)NCC(N)=O)N(C(=O)OC(C)(C)C)C2)ccc1OC.COCCCOc1cc(C(=O)N(C(C)C)C2CC[C@@H](CC(=O)O)N(C(=O)OC(C)(C)C)C2)ccc1OC. The van der Waals surface area contributed by atoms with Crippen LogP contribution < -0.4 is 30.0 Å².